The van der Waals surface area contributed by atoms with Gasteiger partial charge in [0.25, 0.3) is 5.69 Å². The summed E-state index contributed by atoms with van der Waals surface area (Å²) >= 11 is 0. The van der Waals surface area contributed by atoms with Crippen LogP contribution in [0.25, 0.3) is 6.08 Å². The van der Waals surface area contributed by atoms with E-state index in [9.17, 15) is 15.3 Å². The van der Waals surface area contributed by atoms with Gasteiger partial charge in [0, 0.05) is 44.9 Å². The van der Waals surface area contributed by atoms with Gasteiger partial charge in [0.15, 0.2) is 11.3 Å². The minimum Gasteiger partial charge on any atom is -0.623 e. The molecule has 0 unspecified atom stereocenters. The van der Waals surface area contributed by atoms with E-state index < -0.39 is 4.92 Å². The van der Waals surface area contributed by atoms with Gasteiger partial charge in [-0.15, -0.1) is 0 Å². The van der Waals surface area contributed by atoms with Crippen molar-refractivity contribution >= 4 is 17.5 Å². The van der Waals surface area contributed by atoms with Gasteiger partial charge in [-0.05, 0) is 23.8 Å². The lowest BCUT2D eigenvalue weighted by molar-refractivity contribution is -0.530. The molecular formula is C14H16N2O3. The van der Waals surface area contributed by atoms with E-state index in [1.54, 1.807) is 18.2 Å². The summed E-state index contributed by atoms with van der Waals surface area (Å²) in [5, 5.41) is 22.5. The molecule has 0 aromatic heterocycles. The predicted molar refractivity (Wildman–Crippen MR) is 74.1 cm³/mol. The topological polar surface area (TPSA) is 69.2 Å². The van der Waals surface area contributed by atoms with Crippen LogP contribution in [0.4, 0.5) is 5.69 Å². The van der Waals surface area contributed by atoms with Crippen molar-refractivity contribution in [3.8, 4) is 0 Å². The van der Waals surface area contributed by atoms with Gasteiger partial charge in [0.1, 0.15) is 0 Å². The van der Waals surface area contributed by atoms with Crippen molar-refractivity contribution in [2.45, 2.75) is 32.2 Å². The first-order valence-electron chi connectivity index (χ1n) is 6.16. The molecule has 0 radical (unpaired) electrons. The summed E-state index contributed by atoms with van der Waals surface area (Å²) < 4.78 is 1.05. The lowest BCUT2D eigenvalue weighted by Gasteiger charge is -2.17. The molecule has 1 aliphatic heterocycles. The summed E-state index contributed by atoms with van der Waals surface area (Å²) in [6.07, 6.45) is 5.21. The number of rotatable bonds is 3. The molecule has 0 atom stereocenters. The Bertz CT molecular complexity index is 557. The Kier molecular flexibility index (Phi) is 3.38. The SMILES string of the molecule is CC1(C)CCC(/C=C/c2ccc([N+](=O)[O-])cc2)=[N+]1[O-]. The highest BCUT2D eigenvalue weighted by Gasteiger charge is 2.35. The van der Waals surface area contributed by atoms with Crippen LogP contribution >= 0.6 is 0 Å². The van der Waals surface area contributed by atoms with Gasteiger partial charge in [-0.1, -0.05) is 0 Å². The molecule has 1 aromatic rings. The van der Waals surface area contributed by atoms with Crippen LogP contribution in [0.3, 0.4) is 0 Å². The second-order valence-electron chi connectivity index (χ2n) is 5.28. The molecule has 1 aromatic carbocycles. The van der Waals surface area contributed by atoms with E-state index in [0.29, 0.717) is 0 Å². The highest BCUT2D eigenvalue weighted by Crippen LogP contribution is 2.24. The molecule has 1 aliphatic rings. The number of hydrogen-bond acceptors (Lipinski definition) is 3. The third-order valence-corrected chi connectivity index (χ3v) is 3.38. The quantitative estimate of drug-likeness (QED) is 0.363. The van der Waals surface area contributed by atoms with Crippen molar-refractivity contribution < 1.29 is 9.66 Å². The molecule has 0 spiro atoms. The van der Waals surface area contributed by atoms with Gasteiger partial charge in [0.05, 0.1) is 4.92 Å². The first kappa shape index (κ1) is 13.3. The molecule has 2 rings (SSSR count). The summed E-state index contributed by atoms with van der Waals surface area (Å²) in [6.45, 7) is 3.85. The largest absolute Gasteiger partial charge is 0.623 e. The fourth-order valence-electron chi connectivity index (χ4n) is 2.08. The zero-order valence-electron chi connectivity index (χ0n) is 11.0. The molecule has 0 saturated carbocycles. The van der Waals surface area contributed by atoms with Gasteiger partial charge in [-0.25, -0.2) is 4.74 Å². The Hall–Kier alpha value is -2.17. The summed E-state index contributed by atoms with van der Waals surface area (Å²) in [5.74, 6) is 0. The summed E-state index contributed by atoms with van der Waals surface area (Å²) in [4.78, 5) is 10.1. The van der Waals surface area contributed by atoms with Crippen molar-refractivity contribution in [3.05, 3.63) is 51.2 Å². The maximum absolute atomic E-state index is 11.9. The number of allylic oxidation sites excluding steroid dienone is 1. The molecule has 0 N–H and O–H groups in total. The summed E-state index contributed by atoms with van der Waals surface area (Å²) in [7, 11) is 0. The Labute approximate surface area is 111 Å². The van der Waals surface area contributed by atoms with E-state index in [-0.39, 0.29) is 11.2 Å². The van der Waals surface area contributed by atoms with Crippen molar-refractivity contribution in [2.24, 2.45) is 0 Å². The number of benzene rings is 1. The number of hydrogen-bond donors (Lipinski definition) is 0. The highest BCUT2D eigenvalue weighted by molar-refractivity contribution is 5.95. The Morgan fingerprint density at radius 2 is 1.89 bits per heavy atom. The van der Waals surface area contributed by atoms with Crippen LogP contribution in [-0.4, -0.2) is 20.9 Å². The van der Waals surface area contributed by atoms with E-state index in [0.717, 1.165) is 28.9 Å². The van der Waals surface area contributed by atoms with Gasteiger partial charge in [-0.3, -0.25) is 10.1 Å². The molecule has 5 heteroatoms. The summed E-state index contributed by atoms with van der Waals surface area (Å²) in [6, 6.07) is 6.25. The molecular weight excluding hydrogens is 244 g/mol. The van der Waals surface area contributed by atoms with Crippen LogP contribution in [0.5, 0.6) is 0 Å². The molecule has 0 bridgehead atoms. The van der Waals surface area contributed by atoms with E-state index in [4.69, 9.17) is 0 Å². The van der Waals surface area contributed by atoms with Gasteiger partial charge in [-0.2, -0.15) is 0 Å². The minimum atomic E-state index is -0.429. The summed E-state index contributed by atoms with van der Waals surface area (Å²) in [5.41, 5.74) is 1.33. The van der Waals surface area contributed by atoms with E-state index in [1.807, 2.05) is 19.9 Å². The van der Waals surface area contributed by atoms with Crippen molar-refractivity contribution in [1.29, 1.82) is 0 Å². The molecule has 0 aliphatic carbocycles. The fourth-order valence-corrected chi connectivity index (χ4v) is 2.08. The molecule has 100 valence electrons. The van der Waals surface area contributed by atoms with Crippen LogP contribution in [-0.2, 0) is 0 Å². The van der Waals surface area contributed by atoms with E-state index >= 15 is 0 Å². The minimum absolute atomic E-state index is 0.0669. The third kappa shape index (κ3) is 2.81. The van der Waals surface area contributed by atoms with Gasteiger partial charge in [0.2, 0.25) is 0 Å². The van der Waals surface area contributed by atoms with Crippen molar-refractivity contribution in [1.82, 2.24) is 0 Å². The Balaban J connectivity index is 2.16. The number of non-ortho nitro benzene ring substituents is 1. The average Bonchev–Trinajstić information content (AvgIpc) is 2.63. The fraction of sp³-hybridized carbons (Fsp3) is 0.357. The second kappa shape index (κ2) is 4.84. The van der Waals surface area contributed by atoms with Crippen LogP contribution in [0.1, 0.15) is 32.3 Å². The molecule has 5 nitrogen and oxygen atoms in total. The number of nitro groups is 1. The maximum Gasteiger partial charge on any atom is 0.269 e. The lowest BCUT2D eigenvalue weighted by Crippen LogP contribution is -2.28. The smallest absolute Gasteiger partial charge is 0.269 e. The van der Waals surface area contributed by atoms with Crippen LogP contribution in [0.15, 0.2) is 30.3 Å². The first-order chi connectivity index (χ1) is 8.90. The monoisotopic (exact) mass is 260 g/mol. The Morgan fingerprint density at radius 3 is 2.37 bits per heavy atom. The van der Waals surface area contributed by atoms with Gasteiger partial charge >= 0.3 is 0 Å². The molecule has 19 heavy (non-hydrogen) atoms. The third-order valence-electron chi connectivity index (χ3n) is 3.38. The molecule has 0 fully saturated rings. The zero-order chi connectivity index (χ0) is 14.0. The normalized spacial score (nSPS) is 18.2. The highest BCUT2D eigenvalue weighted by atomic mass is 16.6. The lowest BCUT2D eigenvalue weighted by atomic mass is 10.0. The average molecular weight is 260 g/mol. The van der Waals surface area contributed by atoms with Gasteiger partial charge < -0.3 is 5.21 Å². The van der Waals surface area contributed by atoms with Crippen LogP contribution < -0.4 is 0 Å². The Morgan fingerprint density at radius 1 is 1.26 bits per heavy atom. The van der Waals surface area contributed by atoms with E-state index in [1.165, 1.54) is 12.1 Å². The van der Waals surface area contributed by atoms with Crippen molar-refractivity contribution in [2.75, 3.05) is 0 Å². The molecule has 0 saturated heterocycles. The van der Waals surface area contributed by atoms with Crippen molar-refractivity contribution in [3.63, 3.8) is 0 Å². The van der Waals surface area contributed by atoms with E-state index in [2.05, 4.69) is 0 Å². The van der Waals surface area contributed by atoms with Crippen LogP contribution in [0.2, 0.25) is 0 Å². The number of nitrogens with zero attached hydrogens (tertiary/aromatic N) is 2. The number of nitro benzene ring substituents is 1. The molecule has 1 heterocycles. The second-order valence-corrected chi connectivity index (χ2v) is 5.28. The zero-order valence-corrected chi connectivity index (χ0v) is 11.0. The maximum atomic E-state index is 11.9. The first-order valence-corrected chi connectivity index (χ1v) is 6.16. The predicted octanol–water partition coefficient (Wildman–Crippen LogP) is 3.13. The standard InChI is InChI=1S/C14H16N2O3/c1-14(2)10-9-12(15(14)17)6-3-11-4-7-13(8-5-11)16(18)19/h3-8H,9-10H2,1-2H3/b6-3+. The number of hydroxylamine groups is 1. The van der Waals surface area contributed by atoms with Crippen LogP contribution in [0, 0.1) is 15.3 Å². The molecule has 0 amide bonds.